The monoisotopic (exact) mass is 371 g/mol. The van der Waals surface area contributed by atoms with Crippen LogP contribution in [0.4, 0.5) is 5.69 Å². The van der Waals surface area contributed by atoms with Gasteiger partial charge in [0.25, 0.3) is 10.0 Å². The summed E-state index contributed by atoms with van der Waals surface area (Å²) in [5.41, 5.74) is 1.27. The third-order valence-corrected chi connectivity index (χ3v) is 4.21. The Balaban J connectivity index is 2.11. The number of hydrogen-bond acceptors (Lipinski definition) is 2. The van der Waals surface area contributed by atoms with Crippen LogP contribution in [0.15, 0.2) is 58.4 Å². The van der Waals surface area contributed by atoms with Gasteiger partial charge in [-0.15, -0.1) is 0 Å². The van der Waals surface area contributed by atoms with Gasteiger partial charge < -0.3 is 0 Å². The fraction of sp³-hybridized carbons (Fsp3) is 0. The number of rotatable bonds is 4. The minimum Gasteiger partial charge on any atom is -0.280 e. The summed E-state index contributed by atoms with van der Waals surface area (Å²) in [7, 11) is -3.54. The minimum absolute atomic E-state index is 0.467. The van der Waals surface area contributed by atoms with Crippen LogP contribution in [-0.2, 0) is 10.0 Å². The van der Waals surface area contributed by atoms with E-state index in [0.717, 1.165) is 15.4 Å². The third-order valence-electron chi connectivity index (χ3n) is 2.41. The molecule has 0 unspecified atom stereocenters. The second kappa shape index (κ2) is 6.43. The van der Waals surface area contributed by atoms with Crippen molar-refractivity contribution in [1.29, 1.82) is 0 Å². The van der Waals surface area contributed by atoms with Crippen molar-refractivity contribution < 1.29 is 8.42 Å². The zero-order chi connectivity index (χ0) is 14.6. The highest BCUT2D eigenvalue weighted by Gasteiger charge is 2.05. The average Bonchev–Trinajstić information content (AvgIpc) is 2.41. The molecular formula is C14H11BrClNO2S. The lowest BCUT2D eigenvalue weighted by molar-refractivity contribution is 0.609. The lowest BCUT2D eigenvalue weighted by atomic mass is 10.2. The second-order valence-corrected chi connectivity index (χ2v) is 6.93. The molecule has 0 saturated heterocycles. The van der Waals surface area contributed by atoms with Crippen molar-refractivity contribution in [2.45, 2.75) is 0 Å². The van der Waals surface area contributed by atoms with Gasteiger partial charge >= 0.3 is 0 Å². The fourth-order valence-electron chi connectivity index (χ4n) is 1.46. The van der Waals surface area contributed by atoms with E-state index in [9.17, 15) is 8.42 Å². The lowest BCUT2D eigenvalue weighted by Gasteiger charge is -2.04. The summed E-state index contributed by atoms with van der Waals surface area (Å²) in [6.45, 7) is 0. The van der Waals surface area contributed by atoms with Crippen molar-refractivity contribution >= 4 is 49.3 Å². The molecule has 104 valence electrons. The van der Waals surface area contributed by atoms with Crippen molar-refractivity contribution in [2.75, 3.05) is 4.72 Å². The molecule has 0 aromatic heterocycles. The van der Waals surface area contributed by atoms with E-state index < -0.39 is 10.0 Å². The summed E-state index contributed by atoms with van der Waals surface area (Å²) < 4.78 is 27.2. The van der Waals surface area contributed by atoms with Crippen molar-refractivity contribution in [2.24, 2.45) is 0 Å². The van der Waals surface area contributed by atoms with Crippen molar-refractivity contribution in [1.82, 2.24) is 0 Å². The van der Waals surface area contributed by atoms with Gasteiger partial charge in [0, 0.05) is 15.2 Å². The molecule has 0 aliphatic heterocycles. The summed E-state index contributed by atoms with van der Waals surface area (Å²) in [4.78, 5) is 0. The maximum absolute atomic E-state index is 11.9. The molecule has 3 nitrogen and oxygen atoms in total. The molecule has 2 aromatic carbocycles. The van der Waals surface area contributed by atoms with Gasteiger partial charge in [0.2, 0.25) is 0 Å². The third kappa shape index (κ3) is 4.67. The Morgan fingerprint density at radius 2 is 1.60 bits per heavy atom. The minimum atomic E-state index is -3.54. The summed E-state index contributed by atoms with van der Waals surface area (Å²) in [5.74, 6) is 0. The van der Waals surface area contributed by atoms with Crippen LogP contribution in [0.5, 0.6) is 0 Å². The van der Waals surface area contributed by atoms with Gasteiger partial charge in [0.15, 0.2) is 0 Å². The van der Waals surface area contributed by atoms with Crippen LogP contribution in [-0.4, -0.2) is 8.42 Å². The Morgan fingerprint density at radius 1 is 1.00 bits per heavy atom. The van der Waals surface area contributed by atoms with E-state index in [1.165, 1.54) is 6.08 Å². The highest BCUT2D eigenvalue weighted by Crippen LogP contribution is 2.16. The molecule has 0 radical (unpaired) electrons. The quantitative estimate of drug-likeness (QED) is 0.858. The van der Waals surface area contributed by atoms with E-state index in [-0.39, 0.29) is 0 Å². The van der Waals surface area contributed by atoms with E-state index >= 15 is 0 Å². The van der Waals surface area contributed by atoms with Crippen LogP contribution in [0.1, 0.15) is 5.56 Å². The second-order valence-electron chi connectivity index (χ2n) is 4.01. The van der Waals surface area contributed by atoms with Crippen LogP contribution in [0.2, 0.25) is 5.02 Å². The molecule has 0 saturated carbocycles. The first-order chi connectivity index (χ1) is 9.44. The SMILES string of the molecule is O=S(=O)(/C=C/c1ccc(Br)cc1)Nc1ccc(Cl)cc1. The van der Waals surface area contributed by atoms with Crippen LogP contribution in [0, 0.1) is 0 Å². The molecule has 0 amide bonds. The maximum Gasteiger partial charge on any atom is 0.255 e. The average molecular weight is 373 g/mol. The molecule has 0 atom stereocenters. The van der Waals surface area contributed by atoms with Gasteiger partial charge in [-0.2, -0.15) is 0 Å². The molecule has 20 heavy (non-hydrogen) atoms. The predicted molar refractivity (Wildman–Crippen MR) is 87.2 cm³/mol. The van der Waals surface area contributed by atoms with Gasteiger partial charge in [-0.05, 0) is 48.0 Å². The molecular weight excluding hydrogens is 362 g/mol. The lowest BCUT2D eigenvalue weighted by Crippen LogP contribution is -2.08. The predicted octanol–water partition coefficient (Wildman–Crippen LogP) is 4.52. The van der Waals surface area contributed by atoms with Crippen molar-refractivity contribution in [3.8, 4) is 0 Å². The molecule has 0 spiro atoms. The zero-order valence-corrected chi connectivity index (χ0v) is 13.4. The molecule has 0 aliphatic rings. The topological polar surface area (TPSA) is 46.2 Å². The van der Waals surface area contributed by atoms with E-state index in [2.05, 4.69) is 20.7 Å². The number of benzene rings is 2. The van der Waals surface area contributed by atoms with Crippen LogP contribution in [0.3, 0.4) is 0 Å². The number of nitrogens with one attached hydrogen (secondary N) is 1. The first kappa shape index (κ1) is 15.1. The van der Waals surface area contributed by atoms with Gasteiger partial charge in [0.05, 0.1) is 5.41 Å². The molecule has 6 heteroatoms. The molecule has 0 fully saturated rings. The Hall–Kier alpha value is -1.30. The highest BCUT2D eigenvalue weighted by atomic mass is 79.9. The molecule has 2 aromatic rings. The van der Waals surface area contributed by atoms with Crippen LogP contribution >= 0.6 is 27.5 Å². The normalized spacial score (nSPS) is 11.7. The summed E-state index contributed by atoms with van der Waals surface area (Å²) >= 11 is 9.06. The van der Waals surface area contributed by atoms with E-state index in [1.54, 1.807) is 24.3 Å². The number of halogens is 2. The zero-order valence-electron chi connectivity index (χ0n) is 10.3. The van der Waals surface area contributed by atoms with Gasteiger partial charge in [-0.1, -0.05) is 39.7 Å². The van der Waals surface area contributed by atoms with Crippen LogP contribution < -0.4 is 4.72 Å². The fourth-order valence-corrected chi connectivity index (χ4v) is 2.72. The first-order valence-electron chi connectivity index (χ1n) is 5.67. The molecule has 2 rings (SSSR count). The highest BCUT2D eigenvalue weighted by molar-refractivity contribution is 9.10. The Labute approximate surface area is 131 Å². The number of anilines is 1. The maximum atomic E-state index is 11.9. The molecule has 0 bridgehead atoms. The standard InChI is InChI=1S/C14H11BrClNO2S/c15-12-3-1-11(2-4-12)9-10-20(18,19)17-14-7-5-13(16)6-8-14/h1-10,17H/b10-9+. The van der Waals surface area contributed by atoms with E-state index in [1.807, 2.05) is 24.3 Å². The smallest absolute Gasteiger partial charge is 0.255 e. The van der Waals surface area contributed by atoms with Gasteiger partial charge in [0.1, 0.15) is 0 Å². The molecule has 0 heterocycles. The van der Waals surface area contributed by atoms with Gasteiger partial charge in [-0.3, -0.25) is 4.72 Å². The van der Waals surface area contributed by atoms with Crippen molar-refractivity contribution in [3.05, 3.63) is 69.0 Å². The summed E-state index contributed by atoms with van der Waals surface area (Å²) in [5, 5.41) is 1.68. The number of hydrogen-bond donors (Lipinski definition) is 1. The largest absolute Gasteiger partial charge is 0.280 e. The number of sulfonamides is 1. The Morgan fingerprint density at radius 3 is 2.20 bits per heavy atom. The Bertz CT molecular complexity index is 710. The molecule has 1 N–H and O–H groups in total. The summed E-state index contributed by atoms with van der Waals surface area (Å²) in [6.07, 6.45) is 1.53. The van der Waals surface area contributed by atoms with Crippen LogP contribution in [0.25, 0.3) is 6.08 Å². The summed E-state index contributed by atoms with van der Waals surface area (Å²) in [6, 6.07) is 13.8. The van der Waals surface area contributed by atoms with E-state index in [0.29, 0.717) is 10.7 Å². The molecule has 0 aliphatic carbocycles. The van der Waals surface area contributed by atoms with E-state index in [4.69, 9.17) is 11.6 Å². The van der Waals surface area contributed by atoms with Gasteiger partial charge in [-0.25, -0.2) is 8.42 Å². The first-order valence-corrected chi connectivity index (χ1v) is 8.38. The van der Waals surface area contributed by atoms with Crippen molar-refractivity contribution in [3.63, 3.8) is 0 Å². The Kier molecular flexibility index (Phi) is 4.86.